The lowest BCUT2D eigenvalue weighted by molar-refractivity contribution is -0.169. The van der Waals surface area contributed by atoms with Crippen LogP contribution in [0.25, 0.3) is 0 Å². The molecule has 0 radical (unpaired) electrons. The summed E-state index contributed by atoms with van der Waals surface area (Å²) in [6, 6.07) is 4.82. The second kappa shape index (κ2) is 11.1. The standard InChI is InChI=1S/C21H35N3O5Si/c1-30(2,3)13-12-28-21(25)23-19-15-18(24-7-10-26-11-8-24)14-17(22-19)16-29-20-6-4-5-9-27-20/h14-15,20H,4-13,16H2,1-3H3,(H,22,23,25). The van der Waals surface area contributed by atoms with Gasteiger partial charge in [0.1, 0.15) is 5.82 Å². The first-order valence-electron chi connectivity index (χ1n) is 10.9. The van der Waals surface area contributed by atoms with Gasteiger partial charge in [0.25, 0.3) is 0 Å². The number of carbonyl (C=O) groups excluding carboxylic acids is 1. The van der Waals surface area contributed by atoms with Gasteiger partial charge in [0.05, 0.1) is 32.1 Å². The molecule has 2 aliphatic heterocycles. The Bertz CT molecular complexity index is 686. The minimum absolute atomic E-state index is 0.185. The van der Waals surface area contributed by atoms with E-state index in [1.165, 1.54) is 0 Å². The number of morpholine rings is 1. The first-order chi connectivity index (χ1) is 14.4. The topological polar surface area (TPSA) is 82.2 Å². The Kier molecular flexibility index (Phi) is 8.49. The number of ether oxygens (including phenoxy) is 4. The number of nitrogens with zero attached hydrogens (tertiary/aromatic N) is 2. The van der Waals surface area contributed by atoms with Gasteiger partial charge in [-0.15, -0.1) is 0 Å². The molecular formula is C21H35N3O5Si. The van der Waals surface area contributed by atoms with Gasteiger partial charge in [-0.3, -0.25) is 5.32 Å². The lowest BCUT2D eigenvalue weighted by Gasteiger charge is -2.29. The van der Waals surface area contributed by atoms with Crippen molar-refractivity contribution in [2.24, 2.45) is 0 Å². The summed E-state index contributed by atoms with van der Waals surface area (Å²) in [6.45, 7) is 11.2. The lowest BCUT2D eigenvalue weighted by Crippen LogP contribution is -2.36. The zero-order chi connectivity index (χ0) is 21.4. The number of rotatable bonds is 8. The van der Waals surface area contributed by atoms with Gasteiger partial charge < -0.3 is 23.8 Å². The first kappa shape index (κ1) is 23.0. The summed E-state index contributed by atoms with van der Waals surface area (Å²) in [6.07, 6.45) is 2.44. The van der Waals surface area contributed by atoms with Crippen LogP contribution in [-0.4, -0.2) is 65.0 Å². The number of hydrogen-bond donors (Lipinski definition) is 1. The van der Waals surface area contributed by atoms with Gasteiger partial charge in [0, 0.05) is 39.5 Å². The summed E-state index contributed by atoms with van der Waals surface area (Å²) in [4.78, 5) is 19.1. The molecule has 1 amide bonds. The third kappa shape index (κ3) is 7.86. The van der Waals surface area contributed by atoms with Crippen molar-refractivity contribution in [3.05, 3.63) is 17.8 Å². The van der Waals surface area contributed by atoms with E-state index in [2.05, 4.69) is 34.8 Å². The van der Waals surface area contributed by atoms with E-state index in [4.69, 9.17) is 18.9 Å². The molecule has 1 aromatic heterocycles. The number of carbonyl (C=O) groups is 1. The highest BCUT2D eigenvalue weighted by molar-refractivity contribution is 6.76. The van der Waals surface area contributed by atoms with E-state index in [-0.39, 0.29) is 6.29 Å². The summed E-state index contributed by atoms with van der Waals surface area (Å²) in [5, 5.41) is 2.78. The van der Waals surface area contributed by atoms with Gasteiger partial charge in [-0.25, -0.2) is 9.78 Å². The summed E-state index contributed by atoms with van der Waals surface area (Å²) >= 11 is 0. The van der Waals surface area contributed by atoms with Crippen LogP contribution in [0.1, 0.15) is 25.0 Å². The summed E-state index contributed by atoms with van der Waals surface area (Å²) < 4.78 is 22.4. The Morgan fingerprint density at radius 2 is 2.03 bits per heavy atom. The molecule has 0 bridgehead atoms. The summed E-state index contributed by atoms with van der Waals surface area (Å²) in [7, 11) is -1.25. The number of nitrogens with one attached hydrogen (secondary N) is 1. The molecule has 30 heavy (non-hydrogen) atoms. The van der Waals surface area contributed by atoms with Gasteiger partial charge in [0.15, 0.2) is 6.29 Å². The van der Waals surface area contributed by atoms with Crippen LogP contribution in [-0.2, 0) is 25.6 Å². The highest BCUT2D eigenvalue weighted by Crippen LogP contribution is 2.23. The van der Waals surface area contributed by atoms with Gasteiger partial charge in [-0.1, -0.05) is 19.6 Å². The molecule has 3 rings (SSSR count). The SMILES string of the molecule is C[Si](C)(C)CCOC(=O)Nc1cc(N2CCOCC2)cc(COC2CCCCO2)n1. The van der Waals surface area contributed by atoms with Crippen LogP contribution in [0.4, 0.5) is 16.3 Å². The van der Waals surface area contributed by atoms with E-state index in [9.17, 15) is 4.79 Å². The average Bonchev–Trinajstić information content (AvgIpc) is 2.72. The fourth-order valence-corrected chi connectivity index (χ4v) is 4.04. The number of anilines is 2. The maximum atomic E-state index is 12.3. The van der Waals surface area contributed by atoms with E-state index < -0.39 is 14.2 Å². The zero-order valence-electron chi connectivity index (χ0n) is 18.4. The van der Waals surface area contributed by atoms with E-state index >= 15 is 0 Å². The van der Waals surface area contributed by atoms with Crippen LogP contribution in [0, 0.1) is 0 Å². The Morgan fingerprint density at radius 1 is 1.23 bits per heavy atom. The van der Waals surface area contributed by atoms with Crippen molar-refractivity contribution < 1.29 is 23.7 Å². The van der Waals surface area contributed by atoms with Crippen LogP contribution in [0.2, 0.25) is 25.7 Å². The molecule has 2 saturated heterocycles. The van der Waals surface area contributed by atoms with Gasteiger partial charge in [-0.2, -0.15) is 0 Å². The Hall–Kier alpha value is -1.68. The maximum Gasteiger partial charge on any atom is 0.412 e. The maximum absolute atomic E-state index is 12.3. The minimum Gasteiger partial charge on any atom is -0.450 e. The third-order valence-electron chi connectivity index (χ3n) is 5.11. The second-order valence-electron chi connectivity index (χ2n) is 8.98. The number of pyridine rings is 1. The van der Waals surface area contributed by atoms with Crippen molar-refractivity contribution in [2.45, 2.75) is 57.8 Å². The molecular weight excluding hydrogens is 402 g/mol. The lowest BCUT2D eigenvalue weighted by atomic mass is 10.2. The van der Waals surface area contributed by atoms with E-state index in [1.54, 1.807) is 0 Å². The van der Waals surface area contributed by atoms with Crippen molar-refractivity contribution in [3.63, 3.8) is 0 Å². The van der Waals surface area contributed by atoms with Crippen molar-refractivity contribution >= 4 is 25.7 Å². The van der Waals surface area contributed by atoms with E-state index in [0.717, 1.165) is 56.4 Å². The molecule has 3 heterocycles. The van der Waals surface area contributed by atoms with Crippen molar-refractivity contribution in [3.8, 4) is 0 Å². The Labute approximate surface area is 180 Å². The minimum atomic E-state index is -1.25. The smallest absolute Gasteiger partial charge is 0.412 e. The average molecular weight is 438 g/mol. The highest BCUT2D eigenvalue weighted by Gasteiger charge is 2.18. The van der Waals surface area contributed by atoms with Crippen molar-refractivity contribution in [2.75, 3.05) is 49.7 Å². The summed E-state index contributed by atoms with van der Waals surface area (Å²) in [5.41, 5.74) is 1.75. The molecule has 9 heteroatoms. The molecule has 1 unspecified atom stereocenters. The Morgan fingerprint density at radius 3 is 2.73 bits per heavy atom. The largest absolute Gasteiger partial charge is 0.450 e. The molecule has 0 aromatic carbocycles. The number of aromatic nitrogens is 1. The predicted molar refractivity (Wildman–Crippen MR) is 119 cm³/mol. The number of amides is 1. The van der Waals surface area contributed by atoms with Gasteiger partial charge >= 0.3 is 6.09 Å². The molecule has 1 aromatic rings. The van der Waals surface area contributed by atoms with Crippen molar-refractivity contribution in [1.82, 2.24) is 4.98 Å². The predicted octanol–water partition coefficient (Wildman–Crippen LogP) is 3.85. The fraction of sp³-hybridized carbons (Fsp3) is 0.714. The molecule has 1 N–H and O–H groups in total. The van der Waals surface area contributed by atoms with Crippen LogP contribution < -0.4 is 10.2 Å². The molecule has 0 spiro atoms. The van der Waals surface area contributed by atoms with Gasteiger partial charge in [-0.05, 0) is 31.4 Å². The van der Waals surface area contributed by atoms with Crippen molar-refractivity contribution in [1.29, 1.82) is 0 Å². The highest BCUT2D eigenvalue weighted by atomic mass is 28.3. The van der Waals surface area contributed by atoms with E-state index in [1.807, 2.05) is 12.1 Å². The first-order valence-corrected chi connectivity index (χ1v) is 14.6. The molecule has 0 saturated carbocycles. The molecule has 2 fully saturated rings. The molecule has 8 nitrogen and oxygen atoms in total. The fourth-order valence-electron chi connectivity index (χ4n) is 3.33. The van der Waals surface area contributed by atoms with E-state index in [0.29, 0.717) is 32.2 Å². The monoisotopic (exact) mass is 437 g/mol. The number of hydrogen-bond acceptors (Lipinski definition) is 7. The molecule has 168 valence electrons. The second-order valence-corrected chi connectivity index (χ2v) is 14.6. The van der Waals surface area contributed by atoms with Crippen LogP contribution in [0.5, 0.6) is 0 Å². The normalized spacial score (nSPS) is 20.1. The van der Waals surface area contributed by atoms with Crippen LogP contribution >= 0.6 is 0 Å². The quantitative estimate of drug-likeness (QED) is 0.619. The molecule has 1 atom stereocenters. The summed E-state index contributed by atoms with van der Waals surface area (Å²) in [5.74, 6) is 0.472. The molecule has 0 aliphatic carbocycles. The van der Waals surface area contributed by atoms with Gasteiger partial charge in [0.2, 0.25) is 0 Å². The third-order valence-corrected chi connectivity index (χ3v) is 6.81. The molecule has 2 aliphatic rings. The van der Waals surface area contributed by atoms with Crippen LogP contribution in [0.3, 0.4) is 0 Å². The zero-order valence-corrected chi connectivity index (χ0v) is 19.4. The Balaban J connectivity index is 1.64. The van der Waals surface area contributed by atoms with Crippen LogP contribution in [0.15, 0.2) is 12.1 Å².